The Bertz CT molecular complexity index is 1710. The quantitative estimate of drug-likeness (QED) is 0.135. The Kier molecular flexibility index (Phi) is 15.3. The molecule has 54 heavy (non-hydrogen) atoms. The Balaban J connectivity index is 2.22. The van der Waals surface area contributed by atoms with Crippen molar-refractivity contribution >= 4 is 23.9 Å². The van der Waals surface area contributed by atoms with Gasteiger partial charge in [0.05, 0.1) is 0 Å². The van der Waals surface area contributed by atoms with Crippen molar-refractivity contribution in [1.82, 2.24) is 15.5 Å². The molecule has 0 bridgehead atoms. The SMILES string of the molecule is Cc1ccc(C(C(=O)NC(Cc2ccccc2)C(=O)OC(C)(C)C)N(C(=O)C(Cc2ccc(O)cc2)NC(=O)OC(C)(C)C)C(C)CCC(C)C)c(C)c1. The van der Waals surface area contributed by atoms with Crippen LogP contribution in [-0.4, -0.2) is 63.2 Å². The largest absolute Gasteiger partial charge is 0.508 e. The van der Waals surface area contributed by atoms with Gasteiger partial charge in [-0.25, -0.2) is 9.59 Å². The van der Waals surface area contributed by atoms with Crippen LogP contribution in [0.2, 0.25) is 0 Å². The van der Waals surface area contributed by atoms with E-state index < -0.39 is 59.2 Å². The second-order valence-electron chi connectivity index (χ2n) is 16.7. The van der Waals surface area contributed by atoms with E-state index in [1.54, 1.807) is 58.6 Å². The lowest BCUT2D eigenvalue weighted by molar-refractivity contribution is -0.159. The minimum atomic E-state index is -1.19. The normalized spacial score (nSPS) is 14.0. The summed E-state index contributed by atoms with van der Waals surface area (Å²) >= 11 is 0. The summed E-state index contributed by atoms with van der Waals surface area (Å²) in [4.78, 5) is 58.9. The number of phenols is 1. The molecule has 3 rings (SSSR count). The number of nitrogens with one attached hydrogen (secondary N) is 2. The van der Waals surface area contributed by atoms with E-state index in [9.17, 15) is 14.7 Å². The van der Waals surface area contributed by atoms with Crippen LogP contribution in [0.4, 0.5) is 4.79 Å². The van der Waals surface area contributed by atoms with Crippen molar-refractivity contribution in [2.75, 3.05) is 0 Å². The van der Waals surface area contributed by atoms with Crippen molar-refractivity contribution in [1.29, 1.82) is 0 Å². The van der Waals surface area contributed by atoms with Crippen LogP contribution in [0, 0.1) is 19.8 Å². The number of aryl methyl sites for hydroxylation is 2. The molecule has 10 heteroatoms. The summed E-state index contributed by atoms with van der Waals surface area (Å²) in [6.07, 6.45) is 0.775. The van der Waals surface area contributed by atoms with E-state index in [2.05, 4.69) is 24.5 Å². The van der Waals surface area contributed by atoms with Gasteiger partial charge in [0.2, 0.25) is 11.8 Å². The molecule has 0 saturated carbocycles. The van der Waals surface area contributed by atoms with Gasteiger partial charge in [0.25, 0.3) is 0 Å². The van der Waals surface area contributed by atoms with Crippen molar-refractivity contribution in [2.45, 2.75) is 137 Å². The molecule has 0 aliphatic heterocycles. The monoisotopic (exact) mass is 743 g/mol. The van der Waals surface area contributed by atoms with Crippen LogP contribution in [0.15, 0.2) is 72.8 Å². The van der Waals surface area contributed by atoms with Crippen LogP contribution >= 0.6 is 0 Å². The standard InChI is InChI=1S/C44H61N3O7/c1-28(2)17-19-31(5)47(40(50)36(46-42(52)54-44(9,10)11)26-33-20-22-34(48)23-21-33)38(35-24-18-29(3)25-30(35)4)39(49)45-37(41(51)53-43(6,7)8)27-32-15-13-12-14-16-32/h12-16,18,20-25,28,31,36-38,48H,17,19,26-27H2,1-11H3,(H,45,49)(H,46,52). The fraction of sp³-hybridized carbons (Fsp3) is 0.500. The Morgan fingerprint density at radius 2 is 1.30 bits per heavy atom. The highest BCUT2D eigenvalue weighted by Gasteiger charge is 2.41. The molecule has 294 valence electrons. The number of hydrogen-bond acceptors (Lipinski definition) is 7. The highest BCUT2D eigenvalue weighted by molar-refractivity contribution is 5.94. The molecule has 4 atom stereocenters. The van der Waals surface area contributed by atoms with Crippen LogP contribution in [0.1, 0.15) is 109 Å². The average Bonchev–Trinajstić information content (AvgIpc) is 3.05. The molecule has 3 amide bonds. The number of ether oxygens (including phenoxy) is 2. The van der Waals surface area contributed by atoms with Gasteiger partial charge in [-0.05, 0) is 115 Å². The first-order chi connectivity index (χ1) is 25.1. The maximum atomic E-state index is 15.2. The fourth-order valence-corrected chi connectivity index (χ4v) is 6.23. The summed E-state index contributed by atoms with van der Waals surface area (Å²) in [5.41, 5.74) is 2.21. The summed E-state index contributed by atoms with van der Waals surface area (Å²) in [6, 6.07) is 17.6. The minimum absolute atomic E-state index is 0.0571. The molecule has 0 aliphatic carbocycles. The lowest BCUT2D eigenvalue weighted by Gasteiger charge is -2.40. The predicted molar refractivity (Wildman–Crippen MR) is 212 cm³/mol. The number of esters is 1. The number of benzene rings is 3. The van der Waals surface area contributed by atoms with Gasteiger partial charge in [0, 0.05) is 18.9 Å². The molecule has 0 radical (unpaired) electrons. The molecule has 0 aromatic heterocycles. The molecule has 4 unspecified atom stereocenters. The topological polar surface area (TPSA) is 134 Å². The average molecular weight is 744 g/mol. The molecule has 0 fully saturated rings. The zero-order valence-corrected chi connectivity index (χ0v) is 34.0. The van der Waals surface area contributed by atoms with Crippen LogP contribution in [-0.2, 0) is 36.7 Å². The number of phenolic OH excluding ortho intramolecular Hbond substituents is 1. The third-order valence-corrected chi connectivity index (χ3v) is 8.79. The van der Waals surface area contributed by atoms with Crippen molar-refractivity contribution in [3.8, 4) is 5.75 Å². The van der Waals surface area contributed by atoms with Gasteiger partial charge in [0.15, 0.2) is 0 Å². The fourth-order valence-electron chi connectivity index (χ4n) is 6.23. The summed E-state index contributed by atoms with van der Waals surface area (Å²) in [6.45, 7) is 20.5. The van der Waals surface area contributed by atoms with Gasteiger partial charge in [0.1, 0.15) is 35.1 Å². The minimum Gasteiger partial charge on any atom is -0.508 e. The smallest absolute Gasteiger partial charge is 0.408 e. The van der Waals surface area contributed by atoms with Crippen LogP contribution in [0.5, 0.6) is 5.75 Å². The second-order valence-corrected chi connectivity index (χ2v) is 16.7. The molecule has 0 heterocycles. The van der Waals surface area contributed by atoms with Crippen molar-refractivity contribution in [2.24, 2.45) is 5.92 Å². The van der Waals surface area contributed by atoms with Crippen LogP contribution in [0.3, 0.4) is 0 Å². The van der Waals surface area contributed by atoms with Crippen molar-refractivity contribution in [3.63, 3.8) is 0 Å². The third-order valence-electron chi connectivity index (χ3n) is 8.79. The van der Waals surface area contributed by atoms with Crippen LogP contribution < -0.4 is 10.6 Å². The Hall–Kier alpha value is -4.86. The molecule has 10 nitrogen and oxygen atoms in total. The maximum absolute atomic E-state index is 15.2. The highest BCUT2D eigenvalue weighted by atomic mass is 16.6. The first kappa shape index (κ1) is 43.5. The van der Waals surface area contributed by atoms with E-state index in [1.807, 2.05) is 69.3 Å². The molecule has 0 saturated heterocycles. The summed E-state index contributed by atoms with van der Waals surface area (Å²) < 4.78 is 11.4. The van der Waals surface area contributed by atoms with E-state index in [0.29, 0.717) is 23.5 Å². The Morgan fingerprint density at radius 1 is 0.722 bits per heavy atom. The number of rotatable bonds is 15. The zero-order chi connectivity index (χ0) is 40.4. The maximum Gasteiger partial charge on any atom is 0.408 e. The van der Waals surface area contributed by atoms with Gasteiger partial charge >= 0.3 is 12.1 Å². The van der Waals surface area contributed by atoms with E-state index in [-0.39, 0.29) is 18.6 Å². The number of carbonyl (C=O) groups excluding carboxylic acids is 4. The Labute approximate surface area is 322 Å². The molecule has 0 aliphatic rings. The summed E-state index contributed by atoms with van der Waals surface area (Å²) in [7, 11) is 0. The molecule has 3 aromatic rings. The number of aromatic hydroxyl groups is 1. The number of nitrogens with zero attached hydrogens (tertiary/aromatic N) is 1. The van der Waals surface area contributed by atoms with Gasteiger partial charge in [-0.15, -0.1) is 0 Å². The lowest BCUT2D eigenvalue weighted by Crippen LogP contribution is -2.57. The first-order valence-corrected chi connectivity index (χ1v) is 18.9. The molecule has 3 N–H and O–H groups in total. The van der Waals surface area contributed by atoms with E-state index in [1.165, 1.54) is 12.1 Å². The van der Waals surface area contributed by atoms with E-state index >= 15 is 9.59 Å². The zero-order valence-electron chi connectivity index (χ0n) is 34.0. The predicted octanol–water partition coefficient (Wildman–Crippen LogP) is 7.91. The second kappa shape index (κ2) is 18.9. The Morgan fingerprint density at radius 3 is 1.85 bits per heavy atom. The van der Waals surface area contributed by atoms with Crippen molar-refractivity contribution < 1.29 is 33.8 Å². The van der Waals surface area contributed by atoms with Gasteiger partial charge < -0.3 is 30.1 Å². The molecule has 3 aromatic carbocycles. The van der Waals surface area contributed by atoms with Gasteiger partial charge in [-0.2, -0.15) is 0 Å². The third kappa shape index (κ3) is 13.8. The van der Waals surface area contributed by atoms with E-state index in [4.69, 9.17) is 9.47 Å². The van der Waals surface area contributed by atoms with Crippen LogP contribution in [0.25, 0.3) is 0 Å². The van der Waals surface area contributed by atoms with Gasteiger partial charge in [-0.3, -0.25) is 9.59 Å². The number of hydrogen-bond donors (Lipinski definition) is 3. The van der Waals surface area contributed by atoms with E-state index in [0.717, 1.165) is 23.1 Å². The number of carbonyl (C=O) groups is 4. The van der Waals surface area contributed by atoms with Crippen molar-refractivity contribution in [3.05, 3.63) is 101 Å². The first-order valence-electron chi connectivity index (χ1n) is 18.9. The highest BCUT2D eigenvalue weighted by Crippen LogP contribution is 2.31. The summed E-state index contributed by atoms with van der Waals surface area (Å²) in [5, 5.41) is 15.8. The summed E-state index contributed by atoms with van der Waals surface area (Å²) in [5.74, 6) is -1.27. The molecule has 0 spiro atoms. The molecular weight excluding hydrogens is 682 g/mol. The molecular formula is C44H61N3O7. The number of amides is 3. The van der Waals surface area contributed by atoms with Gasteiger partial charge in [-0.1, -0.05) is 80.1 Å². The lowest BCUT2D eigenvalue weighted by atomic mass is 9.92. The number of alkyl carbamates (subject to hydrolysis) is 1.